The summed E-state index contributed by atoms with van der Waals surface area (Å²) < 4.78 is 0. The van der Waals surface area contributed by atoms with E-state index in [1.165, 1.54) is 19.3 Å². The van der Waals surface area contributed by atoms with Gasteiger partial charge in [0, 0.05) is 12.6 Å². The summed E-state index contributed by atoms with van der Waals surface area (Å²) in [6.07, 6.45) is 6.27. The lowest BCUT2D eigenvalue weighted by molar-refractivity contribution is 0.0195. The van der Waals surface area contributed by atoms with Crippen molar-refractivity contribution in [2.24, 2.45) is 28.9 Å². The van der Waals surface area contributed by atoms with Crippen LogP contribution in [0.5, 0.6) is 0 Å². The molecule has 2 fully saturated rings. The van der Waals surface area contributed by atoms with E-state index in [0.717, 1.165) is 38.4 Å². The Balaban J connectivity index is 1.99. The molecule has 3 N–H and O–H groups in total. The molecule has 0 amide bonds. The highest BCUT2D eigenvalue weighted by atomic mass is 16.3. The first-order valence-electron chi connectivity index (χ1n) is 8.50. The Kier molecular flexibility index (Phi) is 5.49. The SMILES string of the molecule is CC(C)(C)C1CCC(CN)C(N2CCC(CO)CC2)C1. The van der Waals surface area contributed by atoms with Gasteiger partial charge in [-0.05, 0) is 74.9 Å². The second kappa shape index (κ2) is 6.76. The fraction of sp³-hybridized carbons (Fsp3) is 1.00. The van der Waals surface area contributed by atoms with Crippen LogP contribution in [0, 0.1) is 23.2 Å². The quantitative estimate of drug-likeness (QED) is 0.836. The third-order valence-corrected chi connectivity index (χ3v) is 5.86. The Hall–Kier alpha value is -0.120. The molecule has 1 saturated carbocycles. The molecule has 1 saturated heterocycles. The van der Waals surface area contributed by atoms with Crippen molar-refractivity contribution in [3.8, 4) is 0 Å². The van der Waals surface area contributed by atoms with Gasteiger partial charge in [0.2, 0.25) is 0 Å². The Morgan fingerprint density at radius 3 is 2.25 bits per heavy atom. The maximum atomic E-state index is 9.30. The van der Waals surface area contributed by atoms with E-state index in [4.69, 9.17) is 5.73 Å². The van der Waals surface area contributed by atoms with Crippen molar-refractivity contribution < 1.29 is 5.11 Å². The highest BCUT2D eigenvalue weighted by molar-refractivity contribution is 4.92. The Labute approximate surface area is 124 Å². The summed E-state index contributed by atoms with van der Waals surface area (Å²) in [6, 6.07) is 0.678. The number of nitrogens with two attached hydrogens (primary N) is 1. The second-order valence-corrected chi connectivity index (χ2v) is 8.10. The number of aliphatic hydroxyl groups is 1. The zero-order chi connectivity index (χ0) is 14.8. The molecule has 20 heavy (non-hydrogen) atoms. The van der Waals surface area contributed by atoms with Gasteiger partial charge in [-0.25, -0.2) is 0 Å². The van der Waals surface area contributed by atoms with E-state index in [-0.39, 0.29) is 0 Å². The fourth-order valence-electron chi connectivity index (χ4n) is 4.19. The molecule has 0 spiro atoms. The maximum Gasteiger partial charge on any atom is 0.0460 e. The number of aliphatic hydroxyl groups excluding tert-OH is 1. The lowest BCUT2D eigenvalue weighted by Crippen LogP contribution is -2.51. The van der Waals surface area contributed by atoms with Crippen LogP contribution in [-0.4, -0.2) is 42.3 Å². The minimum Gasteiger partial charge on any atom is -0.396 e. The first kappa shape index (κ1) is 16.3. The van der Waals surface area contributed by atoms with Gasteiger partial charge in [-0.3, -0.25) is 0 Å². The van der Waals surface area contributed by atoms with E-state index in [0.29, 0.717) is 29.9 Å². The largest absolute Gasteiger partial charge is 0.396 e. The number of hydrogen-bond acceptors (Lipinski definition) is 3. The molecule has 3 heteroatoms. The first-order chi connectivity index (χ1) is 9.45. The van der Waals surface area contributed by atoms with E-state index >= 15 is 0 Å². The van der Waals surface area contributed by atoms with E-state index in [1.807, 2.05) is 0 Å². The molecular weight excluding hydrogens is 248 g/mol. The van der Waals surface area contributed by atoms with Gasteiger partial charge < -0.3 is 15.7 Å². The van der Waals surface area contributed by atoms with E-state index in [1.54, 1.807) is 0 Å². The van der Waals surface area contributed by atoms with E-state index < -0.39 is 0 Å². The van der Waals surface area contributed by atoms with Gasteiger partial charge >= 0.3 is 0 Å². The van der Waals surface area contributed by atoms with Gasteiger partial charge in [0.05, 0.1) is 0 Å². The third-order valence-electron chi connectivity index (χ3n) is 5.86. The monoisotopic (exact) mass is 282 g/mol. The molecule has 1 aliphatic carbocycles. The van der Waals surface area contributed by atoms with Crippen molar-refractivity contribution in [2.75, 3.05) is 26.2 Å². The lowest BCUT2D eigenvalue weighted by atomic mass is 9.67. The minimum absolute atomic E-state index is 0.365. The van der Waals surface area contributed by atoms with Gasteiger partial charge in [0.1, 0.15) is 0 Å². The van der Waals surface area contributed by atoms with Crippen LogP contribution in [-0.2, 0) is 0 Å². The minimum atomic E-state index is 0.365. The maximum absolute atomic E-state index is 9.30. The lowest BCUT2D eigenvalue weighted by Gasteiger charge is -2.47. The topological polar surface area (TPSA) is 49.5 Å². The van der Waals surface area contributed by atoms with Crippen molar-refractivity contribution in [1.82, 2.24) is 4.90 Å². The normalized spacial score (nSPS) is 34.4. The van der Waals surface area contributed by atoms with Crippen molar-refractivity contribution in [3.05, 3.63) is 0 Å². The molecule has 0 aromatic carbocycles. The predicted octanol–water partition coefficient (Wildman–Crippen LogP) is 2.48. The molecule has 0 bridgehead atoms. The number of nitrogens with zero attached hydrogens (tertiary/aromatic N) is 1. The van der Waals surface area contributed by atoms with Gasteiger partial charge in [-0.15, -0.1) is 0 Å². The molecule has 2 rings (SSSR count). The molecule has 3 unspecified atom stereocenters. The van der Waals surface area contributed by atoms with Crippen LogP contribution >= 0.6 is 0 Å². The zero-order valence-electron chi connectivity index (χ0n) is 13.6. The summed E-state index contributed by atoms with van der Waals surface area (Å²) in [5.41, 5.74) is 6.46. The smallest absolute Gasteiger partial charge is 0.0460 e. The number of rotatable bonds is 3. The molecule has 3 atom stereocenters. The molecule has 0 radical (unpaired) electrons. The predicted molar refractivity (Wildman–Crippen MR) is 84.5 cm³/mol. The van der Waals surface area contributed by atoms with Crippen LogP contribution in [0.1, 0.15) is 52.9 Å². The highest BCUT2D eigenvalue weighted by Crippen LogP contribution is 2.42. The molecule has 1 aliphatic heterocycles. The molecule has 0 aromatic rings. The Morgan fingerprint density at radius 2 is 1.75 bits per heavy atom. The number of likely N-dealkylation sites (tertiary alicyclic amines) is 1. The fourth-order valence-corrected chi connectivity index (χ4v) is 4.19. The first-order valence-corrected chi connectivity index (χ1v) is 8.50. The second-order valence-electron chi connectivity index (χ2n) is 8.10. The molecule has 2 aliphatic rings. The van der Waals surface area contributed by atoms with Gasteiger partial charge in [0.25, 0.3) is 0 Å². The average Bonchev–Trinajstić information content (AvgIpc) is 2.45. The van der Waals surface area contributed by atoms with Gasteiger partial charge in [-0.1, -0.05) is 20.8 Å². The highest BCUT2D eigenvalue weighted by Gasteiger charge is 2.38. The summed E-state index contributed by atoms with van der Waals surface area (Å²) in [6.45, 7) is 10.7. The molecule has 3 nitrogen and oxygen atoms in total. The van der Waals surface area contributed by atoms with Crippen LogP contribution in [0.2, 0.25) is 0 Å². The summed E-state index contributed by atoms with van der Waals surface area (Å²) >= 11 is 0. The number of piperidine rings is 1. The Morgan fingerprint density at radius 1 is 1.10 bits per heavy atom. The molecule has 0 aromatic heterocycles. The summed E-state index contributed by atoms with van der Waals surface area (Å²) in [5.74, 6) is 2.04. The van der Waals surface area contributed by atoms with Crippen LogP contribution < -0.4 is 5.73 Å². The van der Waals surface area contributed by atoms with Crippen LogP contribution in [0.3, 0.4) is 0 Å². The summed E-state index contributed by atoms with van der Waals surface area (Å²) in [7, 11) is 0. The van der Waals surface area contributed by atoms with Gasteiger partial charge in [-0.2, -0.15) is 0 Å². The Bertz CT molecular complexity index is 292. The molecule has 1 heterocycles. The van der Waals surface area contributed by atoms with Gasteiger partial charge in [0.15, 0.2) is 0 Å². The number of hydrogen-bond donors (Lipinski definition) is 2. The van der Waals surface area contributed by atoms with Crippen molar-refractivity contribution in [1.29, 1.82) is 0 Å². The zero-order valence-corrected chi connectivity index (χ0v) is 13.6. The van der Waals surface area contributed by atoms with Crippen LogP contribution in [0.25, 0.3) is 0 Å². The van der Waals surface area contributed by atoms with Crippen LogP contribution in [0.4, 0.5) is 0 Å². The van der Waals surface area contributed by atoms with Crippen LogP contribution in [0.15, 0.2) is 0 Å². The summed E-state index contributed by atoms with van der Waals surface area (Å²) in [5, 5.41) is 9.30. The third kappa shape index (κ3) is 3.75. The standard InChI is InChI=1S/C17H34N2O/c1-17(2,3)15-5-4-14(11-18)16(10-15)19-8-6-13(12-20)7-9-19/h13-16,20H,4-12,18H2,1-3H3. The van der Waals surface area contributed by atoms with E-state index in [9.17, 15) is 5.11 Å². The van der Waals surface area contributed by atoms with Crippen molar-refractivity contribution in [3.63, 3.8) is 0 Å². The average molecular weight is 282 g/mol. The molecular formula is C17H34N2O. The van der Waals surface area contributed by atoms with E-state index in [2.05, 4.69) is 25.7 Å². The summed E-state index contributed by atoms with van der Waals surface area (Å²) in [4.78, 5) is 2.68. The van der Waals surface area contributed by atoms with Crippen molar-refractivity contribution in [2.45, 2.75) is 58.9 Å². The van der Waals surface area contributed by atoms with Crippen molar-refractivity contribution >= 4 is 0 Å². The molecule has 118 valence electrons.